The average Bonchev–Trinajstić information content (AvgIpc) is 3.19. The van der Waals surface area contributed by atoms with Crippen LogP contribution in [0.5, 0.6) is 0 Å². The third kappa shape index (κ3) is 3.28. The summed E-state index contributed by atoms with van der Waals surface area (Å²) in [5.74, 6) is 1.40. The fraction of sp³-hybridized carbons (Fsp3) is 0.353. The second-order valence-electron chi connectivity index (χ2n) is 6.33. The normalized spacial score (nSPS) is 15.3. The van der Waals surface area contributed by atoms with Gasteiger partial charge >= 0.3 is 0 Å². The second kappa shape index (κ2) is 6.95. The lowest BCUT2D eigenvalue weighted by Gasteiger charge is -2.32. The van der Waals surface area contributed by atoms with Gasteiger partial charge in [-0.2, -0.15) is 5.10 Å². The number of aromatic amines is 1. The summed E-state index contributed by atoms with van der Waals surface area (Å²) < 4.78 is 3.14. The fourth-order valence-electron chi connectivity index (χ4n) is 3.24. The van der Waals surface area contributed by atoms with E-state index in [0.717, 1.165) is 25.9 Å². The van der Waals surface area contributed by atoms with E-state index in [1.54, 1.807) is 29.3 Å². The van der Waals surface area contributed by atoms with Crippen LogP contribution in [0.25, 0.3) is 5.82 Å². The molecule has 9 nitrogen and oxygen atoms in total. The first-order valence-electron chi connectivity index (χ1n) is 8.57. The lowest BCUT2D eigenvalue weighted by molar-refractivity contribution is 0.333. The van der Waals surface area contributed by atoms with E-state index in [9.17, 15) is 9.59 Å². The minimum atomic E-state index is -0.171. The molecule has 0 aromatic carbocycles. The van der Waals surface area contributed by atoms with Gasteiger partial charge in [-0.3, -0.25) is 9.59 Å². The molecule has 1 aliphatic rings. The first-order valence-corrected chi connectivity index (χ1v) is 8.57. The van der Waals surface area contributed by atoms with Gasteiger partial charge in [0.1, 0.15) is 0 Å². The summed E-state index contributed by atoms with van der Waals surface area (Å²) in [7, 11) is 0. The van der Waals surface area contributed by atoms with Crippen molar-refractivity contribution in [2.75, 3.05) is 18.0 Å². The number of nitrogens with one attached hydrogen (secondary N) is 1. The summed E-state index contributed by atoms with van der Waals surface area (Å²) in [6.45, 7) is 2.02. The molecule has 0 spiro atoms. The van der Waals surface area contributed by atoms with Gasteiger partial charge in [-0.15, -0.1) is 5.10 Å². The molecule has 4 heterocycles. The Kier molecular flexibility index (Phi) is 4.34. The number of nitrogens with zero attached hydrogens (tertiary/aromatic N) is 6. The molecule has 0 saturated carbocycles. The van der Waals surface area contributed by atoms with Gasteiger partial charge in [-0.1, -0.05) is 0 Å². The van der Waals surface area contributed by atoms with Crippen LogP contribution in [0.3, 0.4) is 0 Å². The highest BCUT2D eigenvalue weighted by Crippen LogP contribution is 2.20. The lowest BCUT2D eigenvalue weighted by Crippen LogP contribution is -2.39. The second-order valence-corrected chi connectivity index (χ2v) is 6.33. The first kappa shape index (κ1) is 16.2. The molecule has 0 radical (unpaired) electrons. The predicted molar refractivity (Wildman–Crippen MR) is 95.4 cm³/mol. The van der Waals surface area contributed by atoms with Crippen molar-refractivity contribution in [2.45, 2.75) is 19.4 Å². The zero-order valence-electron chi connectivity index (χ0n) is 14.2. The maximum Gasteiger partial charge on any atom is 0.290 e. The number of piperidine rings is 1. The SMILES string of the molecule is O=c1[nH]ccnc1N1CCC(Cn2nc(-n3cccn3)ccc2=O)CC1. The molecule has 1 fully saturated rings. The topological polar surface area (TPSA) is 102 Å². The molecular weight excluding hydrogens is 334 g/mol. The molecule has 3 aromatic heterocycles. The van der Waals surface area contributed by atoms with E-state index in [1.807, 2.05) is 11.0 Å². The molecule has 0 aliphatic carbocycles. The van der Waals surface area contributed by atoms with Gasteiger partial charge in [0.2, 0.25) is 0 Å². The Morgan fingerprint density at radius 3 is 2.73 bits per heavy atom. The van der Waals surface area contributed by atoms with E-state index in [2.05, 4.69) is 20.2 Å². The average molecular weight is 353 g/mol. The Morgan fingerprint density at radius 1 is 1.15 bits per heavy atom. The van der Waals surface area contributed by atoms with E-state index >= 15 is 0 Å². The van der Waals surface area contributed by atoms with Crippen LogP contribution in [-0.2, 0) is 6.54 Å². The van der Waals surface area contributed by atoms with Crippen molar-refractivity contribution in [1.82, 2.24) is 29.5 Å². The minimum absolute atomic E-state index is 0.121. The van der Waals surface area contributed by atoms with Crippen molar-refractivity contribution < 1.29 is 0 Å². The van der Waals surface area contributed by atoms with Gasteiger partial charge < -0.3 is 9.88 Å². The standard InChI is InChI=1S/C17H19N7O2/c25-15-3-2-14(23-9-1-6-20-23)21-24(15)12-13-4-10-22(11-5-13)16-17(26)19-8-7-18-16/h1-3,6-9,13H,4-5,10-12H2,(H,19,26). The Labute approximate surface area is 148 Å². The fourth-order valence-corrected chi connectivity index (χ4v) is 3.24. The maximum absolute atomic E-state index is 12.2. The minimum Gasteiger partial charge on any atom is -0.352 e. The molecule has 26 heavy (non-hydrogen) atoms. The number of hydrogen-bond acceptors (Lipinski definition) is 6. The summed E-state index contributed by atoms with van der Waals surface area (Å²) in [5.41, 5.74) is -0.291. The van der Waals surface area contributed by atoms with Gasteiger partial charge in [-0.05, 0) is 30.9 Å². The molecule has 9 heteroatoms. The number of hydrogen-bond donors (Lipinski definition) is 1. The van der Waals surface area contributed by atoms with Crippen LogP contribution >= 0.6 is 0 Å². The zero-order chi connectivity index (χ0) is 17.9. The number of anilines is 1. The van der Waals surface area contributed by atoms with Crippen molar-refractivity contribution in [1.29, 1.82) is 0 Å². The molecule has 0 unspecified atom stereocenters. The lowest BCUT2D eigenvalue weighted by atomic mass is 9.97. The van der Waals surface area contributed by atoms with Crippen molar-refractivity contribution in [3.05, 3.63) is 63.7 Å². The Morgan fingerprint density at radius 2 is 2.00 bits per heavy atom. The summed E-state index contributed by atoms with van der Waals surface area (Å²) in [5, 5.41) is 8.57. The van der Waals surface area contributed by atoms with Gasteiger partial charge in [0.25, 0.3) is 11.1 Å². The van der Waals surface area contributed by atoms with Gasteiger partial charge in [0.05, 0.1) is 0 Å². The highest BCUT2D eigenvalue weighted by atomic mass is 16.1. The van der Waals surface area contributed by atoms with Crippen molar-refractivity contribution in [2.24, 2.45) is 5.92 Å². The third-order valence-electron chi connectivity index (χ3n) is 4.63. The smallest absolute Gasteiger partial charge is 0.290 e. The zero-order valence-corrected chi connectivity index (χ0v) is 14.2. The quantitative estimate of drug-likeness (QED) is 0.730. The molecule has 134 valence electrons. The molecule has 0 atom stereocenters. The van der Waals surface area contributed by atoms with Gasteiger partial charge in [-0.25, -0.2) is 14.3 Å². The van der Waals surface area contributed by atoms with Gasteiger partial charge in [0.15, 0.2) is 11.6 Å². The van der Waals surface area contributed by atoms with Crippen molar-refractivity contribution in [3.8, 4) is 5.82 Å². The van der Waals surface area contributed by atoms with Crippen LogP contribution in [0.1, 0.15) is 12.8 Å². The van der Waals surface area contributed by atoms with Crippen LogP contribution < -0.4 is 16.0 Å². The molecule has 1 aliphatic heterocycles. The summed E-state index contributed by atoms with van der Waals surface area (Å²) in [6.07, 6.45) is 8.33. The van der Waals surface area contributed by atoms with E-state index in [4.69, 9.17) is 0 Å². The van der Waals surface area contributed by atoms with Crippen LogP contribution in [-0.4, -0.2) is 42.6 Å². The predicted octanol–water partition coefficient (Wildman–Crippen LogP) is 0.429. The van der Waals surface area contributed by atoms with Crippen molar-refractivity contribution >= 4 is 5.82 Å². The van der Waals surface area contributed by atoms with Crippen LogP contribution in [0.15, 0.2) is 52.6 Å². The van der Waals surface area contributed by atoms with Gasteiger partial charge in [0, 0.05) is 50.5 Å². The molecule has 1 N–H and O–H groups in total. The molecule has 3 aromatic rings. The maximum atomic E-state index is 12.2. The molecule has 1 saturated heterocycles. The molecule has 0 bridgehead atoms. The molecule has 0 amide bonds. The summed E-state index contributed by atoms with van der Waals surface area (Å²) >= 11 is 0. The van der Waals surface area contributed by atoms with Crippen LogP contribution in [0, 0.1) is 5.92 Å². The third-order valence-corrected chi connectivity index (χ3v) is 4.63. The van der Waals surface area contributed by atoms with E-state index in [-0.39, 0.29) is 11.1 Å². The van der Waals surface area contributed by atoms with E-state index in [1.165, 1.54) is 16.9 Å². The number of H-pyrrole nitrogens is 1. The van der Waals surface area contributed by atoms with Crippen LogP contribution in [0.4, 0.5) is 5.82 Å². The molecular formula is C17H19N7O2. The Hall–Kier alpha value is -3.23. The number of rotatable bonds is 4. The largest absolute Gasteiger partial charge is 0.352 e. The summed E-state index contributed by atoms with van der Waals surface area (Å²) in [6, 6.07) is 5.00. The molecule has 4 rings (SSSR count). The Bertz CT molecular complexity index is 985. The highest BCUT2D eigenvalue weighted by Gasteiger charge is 2.22. The van der Waals surface area contributed by atoms with Crippen LogP contribution in [0.2, 0.25) is 0 Å². The number of aromatic nitrogens is 6. The first-order chi connectivity index (χ1) is 12.7. The Balaban J connectivity index is 1.45. The monoisotopic (exact) mass is 353 g/mol. The summed E-state index contributed by atoms with van der Waals surface area (Å²) in [4.78, 5) is 32.8. The highest BCUT2D eigenvalue weighted by molar-refractivity contribution is 5.35. The van der Waals surface area contributed by atoms with Crippen molar-refractivity contribution in [3.63, 3.8) is 0 Å². The van der Waals surface area contributed by atoms with E-state index in [0.29, 0.717) is 24.1 Å². The van der Waals surface area contributed by atoms with E-state index < -0.39 is 0 Å².